The molecule has 0 bridgehead atoms. The molecule has 3 N–H and O–H groups in total. The predicted molar refractivity (Wildman–Crippen MR) is 72.3 cm³/mol. The maximum atomic E-state index is 5.62. The van der Waals surface area contributed by atoms with Crippen LogP contribution in [0, 0.1) is 0 Å². The van der Waals surface area contributed by atoms with E-state index in [1.165, 1.54) is 5.56 Å². The number of rotatable bonds is 3. The van der Waals surface area contributed by atoms with Gasteiger partial charge in [-0.15, -0.1) is 0 Å². The van der Waals surface area contributed by atoms with E-state index in [1.54, 1.807) is 0 Å². The van der Waals surface area contributed by atoms with Crippen molar-refractivity contribution in [3.05, 3.63) is 58.6 Å². The minimum absolute atomic E-state index is 0.799. The molecular weight excluding hydrogens is 264 g/mol. The van der Waals surface area contributed by atoms with E-state index in [0.29, 0.717) is 0 Å². The van der Waals surface area contributed by atoms with Crippen molar-refractivity contribution in [2.24, 2.45) is 0 Å². The molecule has 2 rings (SSSR count). The molecule has 0 saturated heterocycles. The van der Waals surface area contributed by atoms with Gasteiger partial charge in [0.2, 0.25) is 0 Å². The lowest BCUT2D eigenvalue weighted by molar-refractivity contribution is 1.15. The van der Waals surface area contributed by atoms with Gasteiger partial charge in [-0.25, -0.2) is 0 Å². The van der Waals surface area contributed by atoms with Crippen molar-refractivity contribution in [3.63, 3.8) is 0 Å². The van der Waals surface area contributed by atoms with Crippen LogP contribution in [-0.2, 0) is 6.54 Å². The smallest absolute Gasteiger partial charge is 0.0400 e. The monoisotopic (exact) mass is 276 g/mol. The quantitative estimate of drug-likeness (QED) is 0.840. The zero-order chi connectivity index (χ0) is 11.4. The first-order valence-corrected chi connectivity index (χ1v) is 5.87. The molecule has 2 aromatic carbocycles. The van der Waals surface area contributed by atoms with E-state index >= 15 is 0 Å². The van der Waals surface area contributed by atoms with E-state index in [9.17, 15) is 0 Å². The van der Waals surface area contributed by atoms with Gasteiger partial charge in [0.05, 0.1) is 0 Å². The first-order valence-electron chi connectivity index (χ1n) is 5.08. The molecule has 0 atom stereocenters. The van der Waals surface area contributed by atoms with Crippen LogP contribution in [0.5, 0.6) is 0 Å². The van der Waals surface area contributed by atoms with Crippen LogP contribution in [0.3, 0.4) is 0 Å². The average molecular weight is 277 g/mol. The lowest BCUT2D eigenvalue weighted by Crippen LogP contribution is -1.99. The number of nitrogens with one attached hydrogen (secondary N) is 1. The average Bonchev–Trinajstić information content (AvgIpc) is 2.30. The second kappa shape index (κ2) is 5.03. The summed E-state index contributed by atoms with van der Waals surface area (Å²) >= 11 is 3.41. The summed E-state index contributed by atoms with van der Waals surface area (Å²) in [5.41, 5.74) is 8.75. The molecular formula is C13H13BrN2. The van der Waals surface area contributed by atoms with Gasteiger partial charge in [-0.1, -0.05) is 28.1 Å². The Balaban J connectivity index is 1.97. The Morgan fingerprint density at radius 3 is 2.19 bits per heavy atom. The van der Waals surface area contributed by atoms with Crippen LogP contribution < -0.4 is 11.1 Å². The van der Waals surface area contributed by atoms with Crippen molar-refractivity contribution in [2.75, 3.05) is 11.1 Å². The highest BCUT2D eigenvalue weighted by Crippen LogP contribution is 2.15. The van der Waals surface area contributed by atoms with Crippen molar-refractivity contribution >= 4 is 27.3 Å². The number of anilines is 2. The molecule has 0 heterocycles. The lowest BCUT2D eigenvalue weighted by atomic mass is 10.2. The molecule has 0 aromatic heterocycles. The summed E-state index contributed by atoms with van der Waals surface area (Å²) in [5, 5.41) is 3.35. The second-order valence-corrected chi connectivity index (χ2v) is 4.52. The third-order valence-corrected chi connectivity index (χ3v) is 2.85. The second-order valence-electron chi connectivity index (χ2n) is 3.60. The third kappa shape index (κ3) is 3.00. The number of nitrogen functional groups attached to an aromatic ring is 1. The molecule has 0 unspecified atom stereocenters. The molecule has 0 aliphatic heterocycles. The summed E-state index contributed by atoms with van der Waals surface area (Å²) in [6, 6.07) is 16.0. The zero-order valence-corrected chi connectivity index (χ0v) is 10.4. The predicted octanol–water partition coefficient (Wildman–Crippen LogP) is 3.64. The molecule has 82 valence electrons. The number of nitrogens with two attached hydrogens (primary N) is 1. The lowest BCUT2D eigenvalue weighted by Gasteiger charge is -2.06. The molecule has 2 aromatic rings. The van der Waals surface area contributed by atoms with Gasteiger partial charge in [-0.2, -0.15) is 0 Å². The maximum Gasteiger partial charge on any atom is 0.0400 e. The molecule has 3 heteroatoms. The number of hydrogen-bond donors (Lipinski definition) is 2. The molecule has 0 fully saturated rings. The van der Waals surface area contributed by atoms with Crippen molar-refractivity contribution in [2.45, 2.75) is 6.54 Å². The summed E-state index contributed by atoms with van der Waals surface area (Å²) < 4.78 is 1.09. The summed E-state index contributed by atoms with van der Waals surface area (Å²) in [4.78, 5) is 0. The van der Waals surface area contributed by atoms with Crippen molar-refractivity contribution in [3.8, 4) is 0 Å². The topological polar surface area (TPSA) is 38.0 Å². The van der Waals surface area contributed by atoms with Gasteiger partial charge in [0.15, 0.2) is 0 Å². The van der Waals surface area contributed by atoms with Crippen LogP contribution in [0.25, 0.3) is 0 Å². The molecule has 0 aliphatic carbocycles. The van der Waals surface area contributed by atoms with Gasteiger partial charge < -0.3 is 11.1 Å². The van der Waals surface area contributed by atoms with E-state index in [0.717, 1.165) is 22.4 Å². The molecule has 16 heavy (non-hydrogen) atoms. The minimum Gasteiger partial charge on any atom is -0.399 e. The van der Waals surface area contributed by atoms with E-state index < -0.39 is 0 Å². The van der Waals surface area contributed by atoms with Gasteiger partial charge in [0, 0.05) is 22.4 Å². The highest BCUT2D eigenvalue weighted by Gasteiger charge is 1.94. The maximum absolute atomic E-state index is 5.62. The third-order valence-electron chi connectivity index (χ3n) is 2.32. The fourth-order valence-corrected chi connectivity index (χ4v) is 1.67. The molecule has 0 spiro atoms. The Morgan fingerprint density at radius 1 is 0.938 bits per heavy atom. The van der Waals surface area contributed by atoms with Crippen LogP contribution in [-0.4, -0.2) is 0 Å². The first kappa shape index (κ1) is 11.0. The first-order chi connectivity index (χ1) is 7.74. The summed E-state index contributed by atoms with van der Waals surface area (Å²) in [6.45, 7) is 0.807. The minimum atomic E-state index is 0.799. The van der Waals surface area contributed by atoms with E-state index in [4.69, 9.17) is 5.73 Å². The van der Waals surface area contributed by atoms with Crippen LogP contribution in [0.15, 0.2) is 53.0 Å². The summed E-state index contributed by atoms with van der Waals surface area (Å²) in [7, 11) is 0. The number of halogens is 1. The number of benzene rings is 2. The Hall–Kier alpha value is -1.48. The van der Waals surface area contributed by atoms with Crippen molar-refractivity contribution in [1.82, 2.24) is 0 Å². The van der Waals surface area contributed by atoms with Gasteiger partial charge >= 0.3 is 0 Å². The van der Waals surface area contributed by atoms with E-state index in [2.05, 4.69) is 21.2 Å². The van der Waals surface area contributed by atoms with Crippen LogP contribution >= 0.6 is 15.9 Å². The number of hydrogen-bond acceptors (Lipinski definition) is 2. The highest BCUT2D eigenvalue weighted by molar-refractivity contribution is 9.10. The van der Waals surface area contributed by atoms with Gasteiger partial charge in [0.1, 0.15) is 0 Å². The summed E-state index contributed by atoms with van der Waals surface area (Å²) in [5.74, 6) is 0. The molecule has 0 radical (unpaired) electrons. The standard InChI is InChI=1S/C13H13BrN2/c14-11-3-7-13(8-4-11)16-9-10-1-5-12(15)6-2-10/h1-8,16H,9,15H2. The van der Waals surface area contributed by atoms with Crippen LogP contribution in [0.2, 0.25) is 0 Å². The normalized spacial score (nSPS) is 10.1. The zero-order valence-electron chi connectivity index (χ0n) is 8.78. The van der Waals surface area contributed by atoms with Crippen molar-refractivity contribution < 1.29 is 0 Å². The van der Waals surface area contributed by atoms with E-state index in [1.807, 2.05) is 48.5 Å². The fourth-order valence-electron chi connectivity index (χ4n) is 1.41. The summed E-state index contributed by atoms with van der Waals surface area (Å²) in [6.07, 6.45) is 0. The van der Waals surface area contributed by atoms with E-state index in [-0.39, 0.29) is 0 Å². The fraction of sp³-hybridized carbons (Fsp3) is 0.0769. The molecule has 2 nitrogen and oxygen atoms in total. The Kier molecular flexibility index (Phi) is 3.47. The van der Waals surface area contributed by atoms with Gasteiger partial charge in [-0.05, 0) is 42.0 Å². The molecule has 0 aliphatic rings. The van der Waals surface area contributed by atoms with Crippen LogP contribution in [0.1, 0.15) is 5.56 Å². The Labute approximate surface area is 104 Å². The SMILES string of the molecule is Nc1ccc(CNc2ccc(Br)cc2)cc1. The van der Waals surface area contributed by atoms with Crippen molar-refractivity contribution in [1.29, 1.82) is 0 Å². The highest BCUT2D eigenvalue weighted by atomic mass is 79.9. The van der Waals surface area contributed by atoms with Gasteiger partial charge in [-0.3, -0.25) is 0 Å². The van der Waals surface area contributed by atoms with Gasteiger partial charge in [0.25, 0.3) is 0 Å². The molecule has 0 amide bonds. The Bertz CT molecular complexity index is 403. The Morgan fingerprint density at radius 2 is 1.56 bits per heavy atom. The molecule has 0 saturated carbocycles. The largest absolute Gasteiger partial charge is 0.399 e. The van der Waals surface area contributed by atoms with Crippen LogP contribution in [0.4, 0.5) is 11.4 Å².